The van der Waals surface area contributed by atoms with Crippen LogP contribution in [0, 0.1) is 23.5 Å². The molecule has 2 aliphatic heterocycles. The highest BCUT2D eigenvalue weighted by molar-refractivity contribution is 5.91. The van der Waals surface area contributed by atoms with Gasteiger partial charge in [0.2, 0.25) is 5.91 Å². The molecular weight excluding hydrogens is 512 g/mol. The van der Waals surface area contributed by atoms with E-state index in [0.717, 1.165) is 62.7 Å². The van der Waals surface area contributed by atoms with E-state index in [9.17, 15) is 18.7 Å². The fourth-order valence-corrected chi connectivity index (χ4v) is 5.66. The largest absolute Gasteiger partial charge is 0.497 e. The lowest BCUT2D eigenvalue weighted by atomic mass is 9.88. The number of amides is 1. The molecule has 2 N–H and O–H groups in total. The van der Waals surface area contributed by atoms with Gasteiger partial charge in [0.1, 0.15) is 17.4 Å². The first-order valence-corrected chi connectivity index (χ1v) is 14.5. The topological polar surface area (TPSA) is 65.0 Å². The summed E-state index contributed by atoms with van der Waals surface area (Å²) in [7, 11) is 3.64. The molecule has 1 unspecified atom stereocenters. The molecule has 1 amide bonds. The molecule has 2 aromatic carbocycles. The van der Waals surface area contributed by atoms with Crippen molar-refractivity contribution in [2.24, 2.45) is 11.8 Å². The average Bonchev–Trinajstić information content (AvgIpc) is 2.97. The smallest absolute Gasteiger partial charge is 0.246 e. The van der Waals surface area contributed by atoms with E-state index in [1.807, 2.05) is 27.0 Å². The first kappa shape index (κ1) is 31.6. The van der Waals surface area contributed by atoms with E-state index in [-0.39, 0.29) is 11.8 Å². The summed E-state index contributed by atoms with van der Waals surface area (Å²) < 4.78 is 32.1. The molecule has 6 nitrogen and oxygen atoms in total. The number of carbonyl (C=O) groups excluding carboxylic acids is 1. The Balaban J connectivity index is 0.00000216. The number of benzene rings is 2. The number of carbonyl (C=O) groups is 1. The van der Waals surface area contributed by atoms with Gasteiger partial charge in [-0.1, -0.05) is 13.8 Å². The zero-order valence-electron chi connectivity index (χ0n) is 24.3. The minimum absolute atomic E-state index is 0.160. The number of nitrogens with zero attached hydrogens (tertiary/aromatic N) is 2. The first-order valence-electron chi connectivity index (χ1n) is 14.5. The summed E-state index contributed by atoms with van der Waals surface area (Å²) >= 11 is 0. The van der Waals surface area contributed by atoms with Crippen molar-refractivity contribution in [2.75, 3.05) is 52.2 Å². The van der Waals surface area contributed by atoms with Crippen molar-refractivity contribution in [3.63, 3.8) is 0 Å². The van der Waals surface area contributed by atoms with Gasteiger partial charge in [-0.3, -0.25) is 4.79 Å². The molecule has 220 valence electrons. The SMILES string of the molecule is CC.CNc1ccc(OC)cc1CC1CCN(CC(O)C2CCN(C(=O)/C=C/c3cc(F)cc(F)c3)CC2)CC1. The molecule has 1 atom stereocenters. The number of nitrogens with one attached hydrogen (secondary N) is 1. The van der Waals surface area contributed by atoms with Gasteiger partial charge in [0.15, 0.2) is 0 Å². The predicted octanol–water partition coefficient (Wildman–Crippen LogP) is 5.61. The third-order valence-electron chi connectivity index (χ3n) is 7.94. The van der Waals surface area contributed by atoms with Gasteiger partial charge < -0.3 is 25.0 Å². The molecule has 0 aromatic heterocycles. The summed E-state index contributed by atoms with van der Waals surface area (Å²) in [4.78, 5) is 16.6. The van der Waals surface area contributed by atoms with Crippen LogP contribution in [0.25, 0.3) is 6.08 Å². The normalized spacial score (nSPS) is 17.8. The van der Waals surface area contributed by atoms with Gasteiger partial charge in [0.25, 0.3) is 0 Å². The molecule has 2 saturated heterocycles. The maximum atomic E-state index is 13.4. The molecule has 0 radical (unpaired) electrons. The van der Waals surface area contributed by atoms with E-state index >= 15 is 0 Å². The van der Waals surface area contributed by atoms with Crippen molar-refractivity contribution in [1.29, 1.82) is 0 Å². The molecule has 0 saturated carbocycles. The van der Waals surface area contributed by atoms with Crippen molar-refractivity contribution >= 4 is 17.7 Å². The number of hydrogen-bond acceptors (Lipinski definition) is 5. The van der Waals surface area contributed by atoms with Gasteiger partial charge in [0, 0.05) is 44.5 Å². The van der Waals surface area contributed by atoms with Crippen LogP contribution in [0.5, 0.6) is 5.75 Å². The van der Waals surface area contributed by atoms with Crippen LogP contribution in [0.4, 0.5) is 14.5 Å². The first-order chi connectivity index (χ1) is 19.3. The Morgan fingerprint density at radius 3 is 2.30 bits per heavy atom. The Bertz CT molecular complexity index is 1090. The Morgan fingerprint density at radius 2 is 1.70 bits per heavy atom. The van der Waals surface area contributed by atoms with E-state index in [1.165, 1.54) is 29.8 Å². The fraction of sp³-hybridized carbons (Fsp3) is 0.531. The van der Waals surface area contributed by atoms with Gasteiger partial charge in [0.05, 0.1) is 13.2 Å². The zero-order chi connectivity index (χ0) is 29.1. The van der Waals surface area contributed by atoms with Crippen molar-refractivity contribution in [2.45, 2.75) is 52.1 Å². The Kier molecular flexibility index (Phi) is 12.4. The van der Waals surface area contributed by atoms with E-state index in [0.29, 0.717) is 31.1 Å². The number of methoxy groups -OCH3 is 1. The summed E-state index contributed by atoms with van der Waals surface area (Å²) in [6.07, 6.45) is 7.08. The van der Waals surface area contributed by atoms with Gasteiger partial charge in [-0.15, -0.1) is 0 Å². The molecule has 8 heteroatoms. The van der Waals surface area contributed by atoms with Crippen molar-refractivity contribution in [1.82, 2.24) is 9.80 Å². The second-order valence-corrected chi connectivity index (χ2v) is 10.5. The zero-order valence-corrected chi connectivity index (χ0v) is 24.3. The molecular formula is C32H45F2N3O3. The van der Waals surface area contributed by atoms with Crippen LogP contribution in [0.1, 0.15) is 50.7 Å². The number of piperidine rings is 2. The highest BCUT2D eigenvalue weighted by Crippen LogP contribution is 2.29. The number of ether oxygens (including phenoxy) is 1. The van der Waals surface area contributed by atoms with Crippen LogP contribution in [0.15, 0.2) is 42.5 Å². The second kappa shape index (κ2) is 15.7. The quantitative estimate of drug-likeness (QED) is 0.393. The summed E-state index contributed by atoms with van der Waals surface area (Å²) in [5.74, 6) is 0.126. The van der Waals surface area contributed by atoms with Crippen LogP contribution in [0.2, 0.25) is 0 Å². The molecule has 4 rings (SSSR count). The second-order valence-electron chi connectivity index (χ2n) is 10.5. The van der Waals surface area contributed by atoms with Crippen molar-refractivity contribution in [3.8, 4) is 5.75 Å². The number of hydrogen-bond donors (Lipinski definition) is 2. The minimum Gasteiger partial charge on any atom is -0.497 e. The van der Waals surface area contributed by atoms with Gasteiger partial charge in [-0.2, -0.15) is 0 Å². The Morgan fingerprint density at radius 1 is 1.05 bits per heavy atom. The standard InChI is InChI=1S/C30H39F2N3O3.C2H6/c1-33-28-5-4-27(38-2)18-24(28)15-21-7-11-34(12-8-21)20-29(36)23-9-13-35(14-10-23)30(37)6-3-22-16-25(31)19-26(32)17-22;1-2/h3-6,16-19,21,23,29,33,36H,7-15,20H2,1-2H3;1-2H3/b6-3+;. The molecule has 0 spiro atoms. The van der Waals surface area contributed by atoms with Crippen molar-refractivity contribution < 1.29 is 23.4 Å². The lowest BCUT2D eigenvalue weighted by molar-refractivity contribution is -0.128. The Hall–Kier alpha value is -2.97. The number of halogens is 2. The molecule has 2 fully saturated rings. The Labute approximate surface area is 238 Å². The van der Waals surface area contributed by atoms with Crippen LogP contribution in [0.3, 0.4) is 0 Å². The van der Waals surface area contributed by atoms with Crippen LogP contribution < -0.4 is 10.1 Å². The number of β-amino-alcohol motifs (C(OH)–C–C–N with tert-alkyl or cyclic N) is 1. The fourth-order valence-electron chi connectivity index (χ4n) is 5.66. The monoisotopic (exact) mass is 557 g/mol. The van der Waals surface area contributed by atoms with E-state index in [1.54, 1.807) is 12.0 Å². The lowest BCUT2D eigenvalue weighted by Gasteiger charge is -2.38. The molecule has 2 aromatic rings. The van der Waals surface area contributed by atoms with Crippen LogP contribution >= 0.6 is 0 Å². The third kappa shape index (κ3) is 9.03. The van der Waals surface area contributed by atoms with E-state index in [2.05, 4.69) is 22.3 Å². The molecule has 2 heterocycles. The summed E-state index contributed by atoms with van der Waals surface area (Å²) in [6.45, 7) is 7.75. The van der Waals surface area contributed by atoms with Crippen LogP contribution in [-0.2, 0) is 11.2 Å². The van der Waals surface area contributed by atoms with Crippen molar-refractivity contribution in [3.05, 3.63) is 65.2 Å². The maximum absolute atomic E-state index is 13.4. The number of aliphatic hydroxyl groups is 1. The van der Waals surface area contributed by atoms with Gasteiger partial charge >= 0.3 is 0 Å². The molecule has 2 aliphatic rings. The van der Waals surface area contributed by atoms with Gasteiger partial charge in [-0.05, 0) is 105 Å². The highest BCUT2D eigenvalue weighted by Gasteiger charge is 2.29. The lowest BCUT2D eigenvalue weighted by Crippen LogP contribution is -2.45. The number of rotatable bonds is 9. The molecule has 0 aliphatic carbocycles. The van der Waals surface area contributed by atoms with Crippen LogP contribution in [-0.4, -0.2) is 73.8 Å². The molecule has 40 heavy (non-hydrogen) atoms. The summed E-state index contributed by atoms with van der Waals surface area (Å²) in [6, 6.07) is 9.36. The summed E-state index contributed by atoms with van der Waals surface area (Å²) in [5, 5.41) is 14.2. The number of aliphatic hydroxyl groups excluding tert-OH is 1. The maximum Gasteiger partial charge on any atom is 0.246 e. The summed E-state index contributed by atoms with van der Waals surface area (Å²) in [5.41, 5.74) is 2.74. The number of anilines is 1. The van der Waals surface area contributed by atoms with E-state index in [4.69, 9.17) is 4.74 Å². The highest BCUT2D eigenvalue weighted by atomic mass is 19.1. The number of likely N-dealkylation sites (tertiary alicyclic amines) is 2. The van der Waals surface area contributed by atoms with Gasteiger partial charge in [-0.25, -0.2) is 8.78 Å². The predicted molar refractivity (Wildman–Crippen MR) is 157 cm³/mol. The molecule has 0 bridgehead atoms. The third-order valence-corrected chi connectivity index (χ3v) is 7.94. The average molecular weight is 558 g/mol. The minimum atomic E-state index is -0.670. The van der Waals surface area contributed by atoms with E-state index < -0.39 is 17.7 Å².